The van der Waals surface area contributed by atoms with E-state index in [0.29, 0.717) is 5.69 Å². The van der Waals surface area contributed by atoms with E-state index in [4.69, 9.17) is 6.42 Å². The summed E-state index contributed by atoms with van der Waals surface area (Å²) in [5.41, 5.74) is 3.22. The van der Waals surface area contributed by atoms with E-state index in [1.165, 1.54) is 4.68 Å². The highest BCUT2D eigenvalue weighted by atomic mass is 16.3. The number of aryl methyl sites for hydroxylation is 1. The van der Waals surface area contributed by atoms with Crippen molar-refractivity contribution in [1.29, 1.82) is 5.26 Å². The number of nitrogens with zero attached hydrogens (tertiary/aromatic N) is 3. The summed E-state index contributed by atoms with van der Waals surface area (Å²) in [4.78, 5) is 12.6. The molecule has 1 aromatic heterocycles. The lowest BCUT2D eigenvalue weighted by molar-refractivity contribution is 0.0911. The smallest absolute Gasteiger partial charge is 0.271 e. The van der Waals surface area contributed by atoms with Gasteiger partial charge in [-0.15, -0.1) is 6.42 Å². The average Bonchev–Trinajstić information content (AvgIpc) is 2.99. The number of nitrogens with one attached hydrogen (secondary N) is 1. The number of aliphatic hydroxyl groups is 1. The van der Waals surface area contributed by atoms with Crippen molar-refractivity contribution in [2.75, 3.05) is 6.54 Å². The average molecular weight is 350 g/mol. The number of benzene rings is 1. The van der Waals surface area contributed by atoms with Gasteiger partial charge in [-0.05, 0) is 45.4 Å². The number of hydrogen-bond donors (Lipinski definition) is 2. The normalized spacial score (nSPS) is 11.7. The number of hydrogen-bond acceptors (Lipinski definition) is 4. The Bertz CT molecular complexity index is 911. The molecule has 134 valence electrons. The summed E-state index contributed by atoms with van der Waals surface area (Å²) in [7, 11) is 0. The molecule has 26 heavy (non-hydrogen) atoms. The van der Waals surface area contributed by atoms with Crippen molar-refractivity contribution in [3.8, 4) is 29.7 Å². The molecule has 0 bridgehead atoms. The number of aliphatic hydroxyl groups excluding tert-OH is 1. The minimum absolute atomic E-state index is 0.0955. The van der Waals surface area contributed by atoms with Gasteiger partial charge in [0.15, 0.2) is 0 Å². The molecule has 0 aliphatic rings. The Hall–Kier alpha value is -3.09. The first-order valence-electron chi connectivity index (χ1n) is 8.36. The van der Waals surface area contributed by atoms with Gasteiger partial charge in [-0.25, -0.2) is 0 Å². The van der Waals surface area contributed by atoms with E-state index in [2.05, 4.69) is 22.4 Å². The maximum absolute atomic E-state index is 12.6. The molecule has 0 spiro atoms. The van der Waals surface area contributed by atoms with Gasteiger partial charge in [-0.2, -0.15) is 10.4 Å². The van der Waals surface area contributed by atoms with Crippen LogP contribution in [0.4, 0.5) is 0 Å². The number of terminal acetylenes is 1. The van der Waals surface area contributed by atoms with Gasteiger partial charge in [0, 0.05) is 23.7 Å². The fraction of sp³-hybridized carbons (Fsp3) is 0.350. The van der Waals surface area contributed by atoms with Gasteiger partial charge in [0.25, 0.3) is 5.91 Å². The molecule has 2 N–H and O–H groups in total. The minimum Gasteiger partial charge on any atom is -0.392 e. The Kier molecular flexibility index (Phi) is 5.82. The van der Waals surface area contributed by atoms with Gasteiger partial charge >= 0.3 is 0 Å². The Morgan fingerprint density at radius 2 is 2.12 bits per heavy atom. The molecule has 0 radical (unpaired) electrons. The van der Waals surface area contributed by atoms with E-state index in [0.717, 1.165) is 16.7 Å². The second kappa shape index (κ2) is 7.86. The summed E-state index contributed by atoms with van der Waals surface area (Å²) < 4.78 is 1.54. The molecule has 1 atom stereocenters. The third-order valence-electron chi connectivity index (χ3n) is 3.94. The molecule has 6 nitrogen and oxygen atoms in total. The standard InChI is InChI=1S/C20H22N4O2/c1-6-15-7-8-16(9-13(15)4)18-17(10-21)19(24(23-18)12(2)3)20(26)22-11-14(5)25/h1,7-9,12,14,25H,11H2,2-5H3,(H,22,26)/t14-/m0/s1. The first kappa shape index (κ1) is 19.2. The van der Waals surface area contributed by atoms with Crippen molar-refractivity contribution in [3.05, 3.63) is 40.6 Å². The predicted molar refractivity (Wildman–Crippen MR) is 99.4 cm³/mol. The summed E-state index contributed by atoms with van der Waals surface area (Å²) in [5.74, 6) is 2.17. The zero-order valence-corrected chi connectivity index (χ0v) is 15.4. The number of aromatic nitrogens is 2. The largest absolute Gasteiger partial charge is 0.392 e. The molecule has 0 fully saturated rings. The van der Waals surface area contributed by atoms with E-state index in [1.807, 2.05) is 26.8 Å². The minimum atomic E-state index is -0.682. The number of rotatable bonds is 5. The van der Waals surface area contributed by atoms with Crippen LogP contribution in [-0.2, 0) is 0 Å². The van der Waals surface area contributed by atoms with E-state index in [-0.39, 0.29) is 23.8 Å². The maximum atomic E-state index is 12.6. The summed E-state index contributed by atoms with van der Waals surface area (Å²) in [6, 6.07) is 7.45. The van der Waals surface area contributed by atoms with Gasteiger partial charge in [-0.3, -0.25) is 9.48 Å². The van der Waals surface area contributed by atoms with Gasteiger partial charge in [-0.1, -0.05) is 12.0 Å². The van der Waals surface area contributed by atoms with Crippen LogP contribution in [0, 0.1) is 30.6 Å². The van der Waals surface area contributed by atoms with Crippen LogP contribution in [0.15, 0.2) is 18.2 Å². The zero-order valence-electron chi connectivity index (χ0n) is 15.4. The summed E-state index contributed by atoms with van der Waals surface area (Å²) in [6.07, 6.45) is 4.78. The van der Waals surface area contributed by atoms with E-state index in [9.17, 15) is 15.2 Å². The number of amides is 1. The lowest BCUT2D eigenvalue weighted by atomic mass is 10.0. The number of nitriles is 1. The summed E-state index contributed by atoms with van der Waals surface area (Å²) in [6.45, 7) is 7.33. The molecule has 0 saturated heterocycles. The first-order chi connectivity index (χ1) is 12.3. The first-order valence-corrected chi connectivity index (χ1v) is 8.36. The van der Waals surface area contributed by atoms with Crippen molar-refractivity contribution < 1.29 is 9.90 Å². The predicted octanol–water partition coefficient (Wildman–Crippen LogP) is 2.40. The van der Waals surface area contributed by atoms with Crippen molar-refractivity contribution in [2.24, 2.45) is 0 Å². The van der Waals surface area contributed by atoms with Crippen molar-refractivity contribution in [1.82, 2.24) is 15.1 Å². The Morgan fingerprint density at radius 1 is 1.42 bits per heavy atom. The number of carbonyl (C=O) groups excluding carboxylic acids is 1. The van der Waals surface area contributed by atoms with Crippen LogP contribution in [0.5, 0.6) is 0 Å². The highest BCUT2D eigenvalue weighted by Crippen LogP contribution is 2.28. The van der Waals surface area contributed by atoms with Crippen LogP contribution in [0.3, 0.4) is 0 Å². The molecule has 2 aromatic rings. The van der Waals surface area contributed by atoms with Crippen LogP contribution in [0.2, 0.25) is 0 Å². The summed E-state index contributed by atoms with van der Waals surface area (Å²) >= 11 is 0. The molecule has 1 aromatic carbocycles. The zero-order chi connectivity index (χ0) is 19.4. The highest BCUT2D eigenvalue weighted by Gasteiger charge is 2.26. The fourth-order valence-electron chi connectivity index (χ4n) is 2.63. The van der Waals surface area contributed by atoms with E-state index >= 15 is 0 Å². The second-order valence-corrected chi connectivity index (χ2v) is 6.46. The van der Waals surface area contributed by atoms with Gasteiger partial charge in [0.05, 0.1) is 6.10 Å². The Balaban J connectivity index is 2.61. The Morgan fingerprint density at radius 3 is 2.62 bits per heavy atom. The molecule has 1 amide bonds. The van der Waals surface area contributed by atoms with Crippen LogP contribution < -0.4 is 5.32 Å². The van der Waals surface area contributed by atoms with E-state index < -0.39 is 12.0 Å². The lowest BCUT2D eigenvalue weighted by Crippen LogP contribution is -2.33. The van der Waals surface area contributed by atoms with Crippen molar-refractivity contribution in [2.45, 2.75) is 39.8 Å². The van der Waals surface area contributed by atoms with Crippen LogP contribution in [0.25, 0.3) is 11.3 Å². The molecule has 0 aliphatic carbocycles. The highest BCUT2D eigenvalue weighted by molar-refractivity contribution is 5.97. The second-order valence-electron chi connectivity index (χ2n) is 6.46. The molecular formula is C20H22N4O2. The third kappa shape index (κ3) is 3.77. The van der Waals surface area contributed by atoms with Gasteiger partial charge in [0.1, 0.15) is 23.0 Å². The van der Waals surface area contributed by atoms with Crippen molar-refractivity contribution >= 4 is 5.91 Å². The molecular weight excluding hydrogens is 328 g/mol. The number of carbonyl (C=O) groups is 1. The Labute approximate surface area is 153 Å². The van der Waals surface area contributed by atoms with Crippen LogP contribution >= 0.6 is 0 Å². The molecule has 0 saturated carbocycles. The van der Waals surface area contributed by atoms with Gasteiger partial charge in [0.2, 0.25) is 0 Å². The molecule has 0 unspecified atom stereocenters. The monoisotopic (exact) mass is 350 g/mol. The van der Waals surface area contributed by atoms with Crippen LogP contribution in [0.1, 0.15) is 54.0 Å². The molecule has 6 heteroatoms. The lowest BCUT2D eigenvalue weighted by Gasteiger charge is -2.12. The maximum Gasteiger partial charge on any atom is 0.271 e. The summed E-state index contributed by atoms with van der Waals surface area (Å²) in [5, 5.41) is 26.2. The molecule has 2 rings (SSSR count). The fourth-order valence-corrected chi connectivity index (χ4v) is 2.63. The van der Waals surface area contributed by atoms with Gasteiger partial charge < -0.3 is 10.4 Å². The molecule has 1 heterocycles. The SMILES string of the molecule is C#Cc1ccc(-c2nn(C(C)C)c(C(=O)NC[C@H](C)O)c2C#N)cc1C. The van der Waals surface area contributed by atoms with Crippen molar-refractivity contribution in [3.63, 3.8) is 0 Å². The van der Waals surface area contributed by atoms with Crippen LogP contribution in [-0.4, -0.2) is 33.4 Å². The third-order valence-corrected chi connectivity index (χ3v) is 3.94. The molecule has 0 aliphatic heterocycles. The topological polar surface area (TPSA) is 90.9 Å². The quantitative estimate of drug-likeness (QED) is 0.810. The van der Waals surface area contributed by atoms with E-state index in [1.54, 1.807) is 19.1 Å².